The summed E-state index contributed by atoms with van der Waals surface area (Å²) in [4.78, 5) is 4.67. The highest BCUT2D eigenvalue weighted by Gasteiger charge is 2.09. The van der Waals surface area contributed by atoms with Gasteiger partial charge in [-0.15, -0.1) is 11.3 Å². The molecular weight excluding hydrogens is 242 g/mol. The molecule has 90 valence electrons. The minimum absolute atomic E-state index is 0.299. The number of hydrogen-bond acceptors (Lipinski definition) is 3. The molecule has 3 rings (SSSR count). The molecule has 1 N–H and O–H groups in total. The van der Waals surface area contributed by atoms with Crippen LogP contribution in [0.15, 0.2) is 36.4 Å². The van der Waals surface area contributed by atoms with Gasteiger partial charge in [-0.25, -0.2) is 4.98 Å². The molecule has 3 aromatic rings. The Morgan fingerprint density at radius 3 is 2.67 bits per heavy atom. The van der Waals surface area contributed by atoms with Crippen LogP contribution in [0.5, 0.6) is 5.75 Å². The van der Waals surface area contributed by atoms with E-state index in [-0.39, 0.29) is 0 Å². The van der Waals surface area contributed by atoms with Crippen molar-refractivity contribution in [2.24, 2.45) is 0 Å². The minimum Gasteiger partial charge on any atom is -0.508 e. The number of thiazole rings is 1. The Bertz CT molecular complexity index is 730. The number of nitrogens with zero attached hydrogens (tertiary/aromatic N) is 1. The van der Waals surface area contributed by atoms with Gasteiger partial charge in [0.25, 0.3) is 0 Å². The highest BCUT2D eigenvalue weighted by Crippen LogP contribution is 2.33. The van der Waals surface area contributed by atoms with Crippen LogP contribution in [0.4, 0.5) is 0 Å². The van der Waals surface area contributed by atoms with E-state index >= 15 is 0 Å². The molecule has 2 nitrogen and oxygen atoms in total. The second kappa shape index (κ2) is 4.10. The van der Waals surface area contributed by atoms with Gasteiger partial charge in [-0.1, -0.05) is 6.07 Å². The number of phenolic OH excluding ortho intramolecular Hbond substituents is 1. The number of phenols is 1. The van der Waals surface area contributed by atoms with Crippen LogP contribution < -0.4 is 0 Å². The number of rotatable bonds is 1. The van der Waals surface area contributed by atoms with Crippen LogP contribution in [0.1, 0.15) is 11.1 Å². The summed E-state index contributed by atoms with van der Waals surface area (Å²) in [5, 5.41) is 10.5. The van der Waals surface area contributed by atoms with E-state index in [1.165, 1.54) is 10.3 Å². The summed E-state index contributed by atoms with van der Waals surface area (Å²) in [6, 6.07) is 11.7. The van der Waals surface area contributed by atoms with Crippen molar-refractivity contribution in [3.8, 4) is 16.3 Å². The lowest BCUT2D eigenvalue weighted by Gasteiger charge is -2.01. The monoisotopic (exact) mass is 255 g/mol. The van der Waals surface area contributed by atoms with Crippen molar-refractivity contribution in [2.75, 3.05) is 0 Å². The molecule has 0 spiro atoms. The fraction of sp³-hybridized carbons (Fsp3) is 0.133. The number of aryl methyl sites for hydroxylation is 2. The van der Waals surface area contributed by atoms with Crippen LogP contribution in [-0.4, -0.2) is 10.1 Å². The number of fused-ring (bicyclic) bond motifs is 1. The number of benzene rings is 2. The second-order valence-corrected chi connectivity index (χ2v) is 5.52. The molecule has 2 aromatic carbocycles. The van der Waals surface area contributed by atoms with Crippen molar-refractivity contribution in [3.05, 3.63) is 47.5 Å². The molecule has 1 heterocycles. The lowest BCUT2D eigenvalue weighted by molar-refractivity contribution is 0.475. The molecule has 0 fully saturated rings. The van der Waals surface area contributed by atoms with Gasteiger partial charge in [0.1, 0.15) is 10.8 Å². The summed E-state index contributed by atoms with van der Waals surface area (Å²) < 4.78 is 1.20. The Kier molecular flexibility index (Phi) is 2.56. The molecule has 0 aliphatic heterocycles. The lowest BCUT2D eigenvalue weighted by atomic mass is 10.1. The molecule has 18 heavy (non-hydrogen) atoms. The summed E-state index contributed by atoms with van der Waals surface area (Å²) in [5.74, 6) is 0.299. The van der Waals surface area contributed by atoms with Crippen molar-refractivity contribution >= 4 is 21.6 Å². The first-order valence-corrected chi connectivity index (χ1v) is 6.62. The molecule has 0 radical (unpaired) electrons. The topological polar surface area (TPSA) is 33.1 Å². The third-order valence-electron chi connectivity index (χ3n) is 2.98. The van der Waals surface area contributed by atoms with Crippen molar-refractivity contribution in [1.82, 2.24) is 4.98 Å². The minimum atomic E-state index is 0.299. The van der Waals surface area contributed by atoms with Gasteiger partial charge in [0.15, 0.2) is 0 Å². The van der Waals surface area contributed by atoms with Gasteiger partial charge in [-0.2, -0.15) is 0 Å². The average molecular weight is 255 g/mol. The molecule has 0 atom stereocenters. The van der Waals surface area contributed by atoms with Crippen LogP contribution in [0.2, 0.25) is 0 Å². The van der Waals surface area contributed by atoms with Gasteiger partial charge in [0.2, 0.25) is 0 Å². The molecular formula is C15H13NOS. The normalized spacial score (nSPS) is 11.0. The number of hydrogen-bond donors (Lipinski definition) is 1. The van der Waals surface area contributed by atoms with Gasteiger partial charge in [0.05, 0.1) is 10.2 Å². The molecule has 0 amide bonds. The first-order chi connectivity index (χ1) is 8.63. The highest BCUT2D eigenvalue weighted by molar-refractivity contribution is 7.21. The lowest BCUT2D eigenvalue weighted by Crippen LogP contribution is -1.81. The third kappa shape index (κ3) is 1.87. The molecule has 0 aliphatic carbocycles. The van der Waals surface area contributed by atoms with Crippen molar-refractivity contribution in [2.45, 2.75) is 13.8 Å². The standard InChI is InChI=1S/C15H13NOS/c1-9-3-6-14-13(7-9)16-15(18-14)12-5-4-11(17)8-10(12)2/h3-8,17H,1-2H3. The van der Waals surface area contributed by atoms with Crippen LogP contribution in [0.25, 0.3) is 20.8 Å². The maximum Gasteiger partial charge on any atom is 0.124 e. The van der Waals surface area contributed by atoms with E-state index < -0.39 is 0 Å². The molecule has 0 saturated heterocycles. The maximum absolute atomic E-state index is 9.44. The Hall–Kier alpha value is -1.87. The second-order valence-electron chi connectivity index (χ2n) is 4.49. The fourth-order valence-corrected chi connectivity index (χ4v) is 3.08. The first kappa shape index (κ1) is 11.2. The van der Waals surface area contributed by atoms with E-state index in [2.05, 4.69) is 30.1 Å². The highest BCUT2D eigenvalue weighted by atomic mass is 32.1. The zero-order valence-electron chi connectivity index (χ0n) is 10.3. The quantitative estimate of drug-likeness (QED) is 0.703. The predicted octanol–water partition coefficient (Wildman–Crippen LogP) is 4.29. The third-order valence-corrected chi connectivity index (χ3v) is 4.05. The average Bonchev–Trinajstić information content (AvgIpc) is 2.71. The van der Waals surface area contributed by atoms with Crippen LogP contribution in [0.3, 0.4) is 0 Å². The van der Waals surface area contributed by atoms with Gasteiger partial charge in [0, 0.05) is 5.56 Å². The van der Waals surface area contributed by atoms with Crippen molar-refractivity contribution in [3.63, 3.8) is 0 Å². The van der Waals surface area contributed by atoms with E-state index in [1.807, 2.05) is 13.0 Å². The Morgan fingerprint density at radius 1 is 1.06 bits per heavy atom. The molecule has 0 saturated carbocycles. The summed E-state index contributed by atoms with van der Waals surface area (Å²) in [5.41, 5.74) is 4.40. The maximum atomic E-state index is 9.44. The molecule has 0 bridgehead atoms. The van der Waals surface area contributed by atoms with Crippen LogP contribution in [0, 0.1) is 13.8 Å². The van der Waals surface area contributed by atoms with Crippen molar-refractivity contribution in [1.29, 1.82) is 0 Å². The van der Waals surface area contributed by atoms with Gasteiger partial charge in [-0.3, -0.25) is 0 Å². The van der Waals surface area contributed by atoms with E-state index in [1.54, 1.807) is 23.5 Å². The van der Waals surface area contributed by atoms with E-state index in [0.29, 0.717) is 5.75 Å². The summed E-state index contributed by atoms with van der Waals surface area (Å²) >= 11 is 1.69. The molecule has 1 aromatic heterocycles. The first-order valence-electron chi connectivity index (χ1n) is 5.81. The summed E-state index contributed by atoms with van der Waals surface area (Å²) in [6.45, 7) is 4.07. The van der Waals surface area contributed by atoms with Gasteiger partial charge >= 0.3 is 0 Å². The Balaban J connectivity index is 2.19. The fourth-order valence-electron chi connectivity index (χ4n) is 2.04. The zero-order chi connectivity index (χ0) is 12.7. The van der Waals surface area contributed by atoms with E-state index in [4.69, 9.17) is 0 Å². The smallest absolute Gasteiger partial charge is 0.124 e. The summed E-state index contributed by atoms with van der Waals surface area (Å²) in [6.07, 6.45) is 0. The van der Waals surface area contributed by atoms with Crippen molar-refractivity contribution < 1.29 is 5.11 Å². The van der Waals surface area contributed by atoms with E-state index in [9.17, 15) is 5.11 Å². The largest absolute Gasteiger partial charge is 0.508 e. The molecule has 0 unspecified atom stereocenters. The predicted molar refractivity (Wildman–Crippen MR) is 76.2 cm³/mol. The van der Waals surface area contributed by atoms with Crippen LogP contribution >= 0.6 is 11.3 Å². The Labute approximate surface area is 110 Å². The Morgan fingerprint density at radius 2 is 1.89 bits per heavy atom. The summed E-state index contributed by atoms with van der Waals surface area (Å²) in [7, 11) is 0. The molecule has 3 heteroatoms. The van der Waals surface area contributed by atoms with E-state index in [0.717, 1.165) is 21.7 Å². The number of aromatic hydroxyl groups is 1. The SMILES string of the molecule is Cc1ccc2sc(-c3ccc(O)cc3C)nc2c1. The van der Waals surface area contributed by atoms with Crippen LogP contribution in [-0.2, 0) is 0 Å². The van der Waals surface area contributed by atoms with Gasteiger partial charge < -0.3 is 5.11 Å². The number of aromatic nitrogens is 1. The van der Waals surface area contributed by atoms with Gasteiger partial charge in [-0.05, 0) is 55.3 Å². The molecule has 0 aliphatic rings. The zero-order valence-corrected chi connectivity index (χ0v) is 11.1.